The summed E-state index contributed by atoms with van der Waals surface area (Å²) < 4.78 is 5.25. The van der Waals surface area contributed by atoms with Crippen LogP contribution in [-0.4, -0.2) is 23.2 Å². The van der Waals surface area contributed by atoms with E-state index in [4.69, 9.17) is 10.5 Å². The number of hydrogen-bond donors (Lipinski definition) is 2. The lowest BCUT2D eigenvalue weighted by molar-refractivity contribution is 0.0956. The lowest BCUT2D eigenvalue weighted by Gasteiger charge is -2.08. The molecule has 0 fully saturated rings. The number of methoxy groups -OCH3 is 1. The first-order valence-electron chi connectivity index (χ1n) is 7.86. The number of rotatable bonds is 4. The molecule has 0 aliphatic carbocycles. The second-order valence-corrected chi connectivity index (χ2v) is 6.92. The molecule has 2 aromatic heterocycles. The van der Waals surface area contributed by atoms with Crippen molar-refractivity contribution in [2.75, 3.05) is 12.8 Å². The minimum absolute atomic E-state index is 0.203. The number of amides is 1. The Morgan fingerprint density at radius 3 is 2.72 bits per heavy atom. The number of carbonyl (C=O) groups is 1. The molecule has 0 aliphatic rings. The number of nitrogens with one attached hydrogen (secondary N) is 1. The number of anilines is 1. The van der Waals surface area contributed by atoms with Gasteiger partial charge in [-0.3, -0.25) is 4.79 Å². The summed E-state index contributed by atoms with van der Waals surface area (Å²) in [6, 6.07) is 5.82. The SMILES string of the molecule is COc1ccc(CNC(=O)c2sc3nnc(C)c(C)c3c2N)cc1C. The molecular weight excluding hydrogens is 336 g/mol. The summed E-state index contributed by atoms with van der Waals surface area (Å²) in [6.07, 6.45) is 0. The Bertz CT molecular complexity index is 965. The van der Waals surface area contributed by atoms with E-state index in [0.29, 0.717) is 21.9 Å². The van der Waals surface area contributed by atoms with Gasteiger partial charge in [-0.1, -0.05) is 12.1 Å². The third-order valence-corrected chi connectivity index (χ3v) is 5.34. The molecule has 0 atom stereocenters. The maximum Gasteiger partial charge on any atom is 0.263 e. The van der Waals surface area contributed by atoms with Crippen LogP contribution in [0, 0.1) is 20.8 Å². The number of thiophene rings is 1. The minimum Gasteiger partial charge on any atom is -0.496 e. The number of nitrogens with two attached hydrogens (primary N) is 1. The van der Waals surface area contributed by atoms with Crippen LogP contribution in [0.3, 0.4) is 0 Å². The van der Waals surface area contributed by atoms with Gasteiger partial charge in [0.25, 0.3) is 5.91 Å². The summed E-state index contributed by atoms with van der Waals surface area (Å²) in [7, 11) is 1.64. The normalized spacial score (nSPS) is 10.9. The first-order chi connectivity index (χ1) is 11.9. The van der Waals surface area contributed by atoms with Gasteiger partial charge in [0.15, 0.2) is 0 Å². The van der Waals surface area contributed by atoms with Crippen molar-refractivity contribution >= 4 is 33.1 Å². The maximum atomic E-state index is 12.6. The van der Waals surface area contributed by atoms with Crippen LogP contribution in [0.5, 0.6) is 5.75 Å². The Hall–Kier alpha value is -2.67. The number of nitrogen functional groups attached to an aromatic ring is 1. The van der Waals surface area contributed by atoms with Gasteiger partial charge in [0.1, 0.15) is 15.5 Å². The smallest absolute Gasteiger partial charge is 0.263 e. The molecule has 1 amide bonds. The Morgan fingerprint density at radius 1 is 1.28 bits per heavy atom. The van der Waals surface area contributed by atoms with Crippen LogP contribution in [-0.2, 0) is 6.54 Å². The van der Waals surface area contributed by atoms with E-state index in [0.717, 1.165) is 33.5 Å². The zero-order valence-corrected chi connectivity index (χ0v) is 15.5. The lowest BCUT2D eigenvalue weighted by Crippen LogP contribution is -2.22. The Labute approximate surface area is 150 Å². The van der Waals surface area contributed by atoms with Crippen LogP contribution >= 0.6 is 11.3 Å². The summed E-state index contributed by atoms with van der Waals surface area (Å²) in [5, 5.41) is 12.0. The van der Waals surface area contributed by atoms with Crippen LogP contribution < -0.4 is 15.8 Å². The number of carbonyl (C=O) groups excluding carboxylic acids is 1. The Balaban J connectivity index is 1.82. The van der Waals surface area contributed by atoms with Gasteiger partial charge in [-0.2, -0.15) is 5.10 Å². The van der Waals surface area contributed by atoms with Crippen molar-refractivity contribution in [1.29, 1.82) is 0 Å². The first-order valence-corrected chi connectivity index (χ1v) is 8.67. The highest BCUT2D eigenvalue weighted by molar-refractivity contribution is 7.21. The van der Waals surface area contributed by atoms with E-state index >= 15 is 0 Å². The number of benzene rings is 1. The molecule has 1 aromatic carbocycles. The van der Waals surface area contributed by atoms with Gasteiger partial charge >= 0.3 is 0 Å². The van der Waals surface area contributed by atoms with E-state index in [2.05, 4.69) is 15.5 Å². The predicted octanol–water partition coefficient (Wildman–Crippen LogP) is 3.14. The third kappa shape index (κ3) is 3.15. The quantitative estimate of drug-likeness (QED) is 0.749. The van der Waals surface area contributed by atoms with E-state index in [-0.39, 0.29) is 5.91 Å². The number of ether oxygens (including phenoxy) is 1. The fraction of sp³-hybridized carbons (Fsp3) is 0.278. The molecule has 0 saturated carbocycles. The molecule has 0 spiro atoms. The zero-order chi connectivity index (χ0) is 18.1. The van der Waals surface area contributed by atoms with E-state index in [9.17, 15) is 4.79 Å². The van der Waals surface area contributed by atoms with Gasteiger partial charge in [0.2, 0.25) is 0 Å². The zero-order valence-electron chi connectivity index (χ0n) is 14.6. The molecule has 2 heterocycles. The lowest BCUT2D eigenvalue weighted by atomic mass is 10.1. The Kier molecular flexibility index (Phi) is 4.59. The molecule has 0 aliphatic heterocycles. The molecule has 0 radical (unpaired) electrons. The minimum atomic E-state index is -0.203. The molecule has 130 valence electrons. The third-order valence-electron chi connectivity index (χ3n) is 4.25. The van der Waals surface area contributed by atoms with Gasteiger partial charge in [0.05, 0.1) is 18.5 Å². The molecular formula is C18H20N4O2S. The van der Waals surface area contributed by atoms with Crippen molar-refractivity contribution in [1.82, 2.24) is 15.5 Å². The summed E-state index contributed by atoms with van der Waals surface area (Å²) >= 11 is 1.27. The molecule has 6 nitrogen and oxygen atoms in total. The molecule has 3 rings (SSSR count). The molecule has 0 saturated heterocycles. The van der Waals surface area contributed by atoms with Gasteiger partial charge in [-0.05, 0) is 43.5 Å². The van der Waals surface area contributed by atoms with Crippen molar-refractivity contribution in [3.63, 3.8) is 0 Å². The average Bonchev–Trinajstić information content (AvgIpc) is 2.93. The van der Waals surface area contributed by atoms with Crippen LogP contribution in [0.25, 0.3) is 10.2 Å². The molecule has 25 heavy (non-hydrogen) atoms. The van der Waals surface area contributed by atoms with Crippen LogP contribution in [0.4, 0.5) is 5.69 Å². The second-order valence-electron chi connectivity index (χ2n) is 5.92. The van der Waals surface area contributed by atoms with E-state index < -0.39 is 0 Å². The molecule has 0 bridgehead atoms. The summed E-state index contributed by atoms with van der Waals surface area (Å²) in [6.45, 7) is 6.21. The average molecular weight is 356 g/mol. The van der Waals surface area contributed by atoms with E-state index in [1.54, 1.807) is 7.11 Å². The van der Waals surface area contributed by atoms with Crippen molar-refractivity contribution in [3.8, 4) is 5.75 Å². The number of aryl methyl sites for hydroxylation is 3. The van der Waals surface area contributed by atoms with Crippen molar-refractivity contribution in [3.05, 3.63) is 45.5 Å². The van der Waals surface area contributed by atoms with Gasteiger partial charge < -0.3 is 15.8 Å². The van der Waals surface area contributed by atoms with Crippen molar-refractivity contribution < 1.29 is 9.53 Å². The predicted molar refractivity (Wildman–Crippen MR) is 100 cm³/mol. The van der Waals surface area contributed by atoms with Crippen molar-refractivity contribution in [2.24, 2.45) is 0 Å². The number of nitrogens with zero attached hydrogens (tertiary/aromatic N) is 2. The highest BCUT2D eigenvalue weighted by Gasteiger charge is 2.19. The number of hydrogen-bond acceptors (Lipinski definition) is 6. The van der Waals surface area contributed by atoms with Gasteiger partial charge in [-0.25, -0.2) is 0 Å². The highest BCUT2D eigenvalue weighted by atomic mass is 32.1. The van der Waals surface area contributed by atoms with E-state index in [1.807, 2.05) is 39.0 Å². The van der Waals surface area contributed by atoms with Gasteiger partial charge in [-0.15, -0.1) is 16.4 Å². The monoisotopic (exact) mass is 356 g/mol. The van der Waals surface area contributed by atoms with Gasteiger partial charge in [0, 0.05) is 11.9 Å². The topological polar surface area (TPSA) is 90.1 Å². The standard InChI is InChI=1S/C18H20N4O2S/c1-9-7-12(5-6-13(9)24-4)8-20-17(23)16-15(19)14-10(2)11(3)21-22-18(14)25-16/h5-7H,8,19H2,1-4H3,(H,20,23). The fourth-order valence-corrected chi connectivity index (χ4v) is 3.74. The molecule has 0 unspecified atom stereocenters. The summed E-state index contributed by atoms with van der Waals surface area (Å²) in [4.78, 5) is 13.7. The largest absolute Gasteiger partial charge is 0.496 e. The summed E-state index contributed by atoms with van der Waals surface area (Å²) in [5.74, 6) is 0.624. The number of aromatic nitrogens is 2. The maximum absolute atomic E-state index is 12.6. The first kappa shape index (κ1) is 17.2. The molecule has 3 aromatic rings. The molecule has 3 N–H and O–H groups in total. The summed E-state index contributed by atoms with van der Waals surface area (Å²) in [5.41, 5.74) is 10.5. The fourth-order valence-electron chi connectivity index (χ4n) is 2.72. The highest BCUT2D eigenvalue weighted by Crippen LogP contribution is 2.34. The molecule has 7 heteroatoms. The number of fused-ring (bicyclic) bond motifs is 1. The van der Waals surface area contributed by atoms with Crippen LogP contribution in [0.15, 0.2) is 18.2 Å². The second kappa shape index (κ2) is 6.68. The van der Waals surface area contributed by atoms with Crippen molar-refractivity contribution in [2.45, 2.75) is 27.3 Å². The van der Waals surface area contributed by atoms with Crippen LogP contribution in [0.2, 0.25) is 0 Å². The van der Waals surface area contributed by atoms with E-state index in [1.165, 1.54) is 11.3 Å². The Morgan fingerprint density at radius 2 is 2.04 bits per heavy atom. The van der Waals surface area contributed by atoms with Crippen LogP contribution in [0.1, 0.15) is 32.1 Å².